The summed E-state index contributed by atoms with van der Waals surface area (Å²) in [5.41, 5.74) is 10.6. The second-order valence-electron chi connectivity index (χ2n) is 5.37. The molecule has 0 spiro atoms. The van der Waals surface area contributed by atoms with Crippen LogP contribution in [0.3, 0.4) is 0 Å². The standard InChI is InChI=1S/C16H30N2O2/c1-2-3-4-5-6-7-8-9-10-11-12-14(16(18)20)13-15(17)19/h13H,2-12H2,1H3,(H2,17,19)(H2,18,20). The van der Waals surface area contributed by atoms with Crippen molar-refractivity contribution in [2.75, 3.05) is 0 Å². The second kappa shape index (κ2) is 12.7. The van der Waals surface area contributed by atoms with E-state index in [-0.39, 0.29) is 0 Å². The fraction of sp³-hybridized carbons (Fsp3) is 0.750. The van der Waals surface area contributed by atoms with Gasteiger partial charge in [-0.1, -0.05) is 64.7 Å². The molecule has 116 valence electrons. The van der Waals surface area contributed by atoms with Crippen molar-refractivity contribution in [1.82, 2.24) is 0 Å². The first-order valence-electron chi connectivity index (χ1n) is 7.87. The van der Waals surface area contributed by atoms with E-state index in [4.69, 9.17) is 11.5 Å². The van der Waals surface area contributed by atoms with Crippen molar-refractivity contribution in [1.29, 1.82) is 0 Å². The summed E-state index contributed by atoms with van der Waals surface area (Å²) < 4.78 is 0. The molecule has 0 aromatic heterocycles. The van der Waals surface area contributed by atoms with E-state index in [0.29, 0.717) is 12.0 Å². The van der Waals surface area contributed by atoms with Gasteiger partial charge in [0.05, 0.1) is 0 Å². The average Bonchev–Trinajstić information content (AvgIpc) is 2.39. The van der Waals surface area contributed by atoms with Crippen LogP contribution in [0.1, 0.15) is 77.6 Å². The van der Waals surface area contributed by atoms with Gasteiger partial charge in [0.25, 0.3) is 0 Å². The Kier molecular flexibility index (Phi) is 11.9. The number of hydrogen-bond donors (Lipinski definition) is 2. The molecule has 2 amide bonds. The maximum atomic E-state index is 11.1. The molecule has 0 saturated carbocycles. The Bertz CT molecular complexity index is 312. The molecule has 0 saturated heterocycles. The van der Waals surface area contributed by atoms with Crippen molar-refractivity contribution in [3.63, 3.8) is 0 Å². The van der Waals surface area contributed by atoms with Gasteiger partial charge < -0.3 is 11.5 Å². The maximum Gasteiger partial charge on any atom is 0.244 e. The summed E-state index contributed by atoms with van der Waals surface area (Å²) in [5.74, 6) is -1.15. The van der Waals surface area contributed by atoms with Gasteiger partial charge in [0.2, 0.25) is 11.8 Å². The summed E-state index contributed by atoms with van der Waals surface area (Å²) in [6.45, 7) is 2.23. The van der Waals surface area contributed by atoms with E-state index in [9.17, 15) is 9.59 Å². The molecule has 4 heteroatoms. The summed E-state index contributed by atoms with van der Waals surface area (Å²) >= 11 is 0. The molecule has 0 rings (SSSR count). The molecule has 0 atom stereocenters. The highest BCUT2D eigenvalue weighted by atomic mass is 16.1. The van der Waals surface area contributed by atoms with Crippen molar-refractivity contribution in [2.24, 2.45) is 11.5 Å². The van der Waals surface area contributed by atoms with Gasteiger partial charge in [-0.3, -0.25) is 9.59 Å². The van der Waals surface area contributed by atoms with Gasteiger partial charge in [-0.05, 0) is 12.8 Å². The van der Waals surface area contributed by atoms with Crippen LogP contribution in [0.5, 0.6) is 0 Å². The minimum Gasteiger partial charge on any atom is -0.366 e. The van der Waals surface area contributed by atoms with E-state index in [0.717, 1.165) is 18.9 Å². The predicted molar refractivity (Wildman–Crippen MR) is 82.9 cm³/mol. The molecule has 0 aromatic rings. The van der Waals surface area contributed by atoms with Gasteiger partial charge in [0.1, 0.15) is 0 Å². The van der Waals surface area contributed by atoms with Gasteiger partial charge >= 0.3 is 0 Å². The van der Waals surface area contributed by atoms with Crippen molar-refractivity contribution in [3.8, 4) is 0 Å². The van der Waals surface area contributed by atoms with Crippen LogP contribution in [-0.2, 0) is 9.59 Å². The van der Waals surface area contributed by atoms with E-state index in [2.05, 4.69) is 6.92 Å². The molecule has 0 aliphatic heterocycles. The molecular weight excluding hydrogens is 252 g/mol. The zero-order chi connectivity index (χ0) is 15.2. The third-order valence-corrected chi connectivity index (χ3v) is 3.43. The van der Waals surface area contributed by atoms with Crippen LogP contribution in [0.2, 0.25) is 0 Å². The lowest BCUT2D eigenvalue weighted by Crippen LogP contribution is -2.17. The first kappa shape index (κ1) is 18.7. The molecule has 0 bridgehead atoms. The summed E-state index contributed by atoms with van der Waals surface area (Å²) in [4.78, 5) is 21.8. The fourth-order valence-corrected chi connectivity index (χ4v) is 2.24. The second-order valence-corrected chi connectivity index (χ2v) is 5.37. The van der Waals surface area contributed by atoms with Crippen LogP contribution in [0, 0.1) is 0 Å². The lowest BCUT2D eigenvalue weighted by atomic mass is 10.0. The van der Waals surface area contributed by atoms with Crippen molar-refractivity contribution >= 4 is 11.8 Å². The number of unbranched alkanes of at least 4 members (excludes halogenated alkanes) is 9. The predicted octanol–water partition coefficient (Wildman–Crippen LogP) is 3.19. The van der Waals surface area contributed by atoms with Crippen LogP contribution in [0.25, 0.3) is 0 Å². The lowest BCUT2D eigenvalue weighted by Gasteiger charge is -2.04. The molecule has 4 nitrogen and oxygen atoms in total. The molecule has 0 unspecified atom stereocenters. The SMILES string of the molecule is CCCCCCCCCCCCC(=CC(N)=O)C(N)=O. The number of amides is 2. The van der Waals surface area contributed by atoms with Crippen molar-refractivity contribution < 1.29 is 9.59 Å². The molecule has 0 radical (unpaired) electrons. The first-order valence-corrected chi connectivity index (χ1v) is 7.87. The Morgan fingerprint density at radius 1 is 0.800 bits per heavy atom. The number of hydrogen-bond acceptors (Lipinski definition) is 2. The molecule has 20 heavy (non-hydrogen) atoms. The van der Waals surface area contributed by atoms with Crippen LogP contribution in [0.4, 0.5) is 0 Å². The average molecular weight is 282 g/mol. The minimum absolute atomic E-state index is 0.345. The number of rotatable bonds is 13. The Morgan fingerprint density at radius 2 is 1.25 bits per heavy atom. The monoisotopic (exact) mass is 282 g/mol. The normalized spacial score (nSPS) is 11.6. The van der Waals surface area contributed by atoms with Crippen LogP contribution < -0.4 is 11.5 Å². The van der Waals surface area contributed by atoms with Gasteiger partial charge in [-0.15, -0.1) is 0 Å². The van der Waals surface area contributed by atoms with E-state index >= 15 is 0 Å². The van der Waals surface area contributed by atoms with Crippen LogP contribution >= 0.6 is 0 Å². The Hall–Kier alpha value is -1.32. The fourth-order valence-electron chi connectivity index (χ4n) is 2.24. The minimum atomic E-state index is -0.606. The Labute approximate surface area is 123 Å². The highest BCUT2D eigenvalue weighted by Crippen LogP contribution is 2.13. The van der Waals surface area contributed by atoms with Gasteiger partial charge in [0, 0.05) is 11.6 Å². The molecule has 4 N–H and O–H groups in total. The molecule has 0 aliphatic rings. The number of primary amides is 2. The largest absolute Gasteiger partial charge is 0.366 e. The number of carbonyl (C=O) groups is 2. The van der Waals surface area contributed by atoms with Crippen molar-refractivity contribution in [2.45, 2.75) is 77.6 Å². The number of nitrogens with two attached hydrogens (primary N) is 2. The van der Waals surface area contributed by atoms with E-state index in [1.165, 1.54) is 51.4 Å². The summed E-state index contributed by atoms with van der Waals surface area (Å²) in [6, 6.07) is 0. The Balaban J connectivity index is 3.51. The van der Waals surface area contributed by atoms with Gasteiger partial charge in [-0.25, -0.2) is 0 Å². The van der Waals surface area contributed by atoms with Gasteiger partial charge in [0.15, 0.2) is 0 Å². The molecule has 0 aromatic carbocycles. The molecular formula is C16H30N2O2. The summed E-state index contributed by atoms with van der Waals surface area (Å²) in [7, 11) is 0. The zero-order valence-electron chi connectivity index (χ0n) is 12.8. The van der Waals surface area contributed by atoms with Gasteiger partial charge in [-0.2, -0.15) is 0 Å². The van der Waals surface area contributed by atoms with E-state index in [1.807, 2.05) is 0 Å². The molecule has 0 fully saturated rings. The number of carbonyl (C=O) groups excluding carboxylic acids is 2. The summed E-state index contributed by atoms with van der Waals surface area (Å²) in [5, 5.41) is 0. The van der Waals surface area contributed by atoms with E-state index in [1.54, 1.807) is 0 Å². The Morgan fingerprint density at radius 3 is 1.65 bits per heavy atom. The smallest absolute Gasteiger partial charge is 0.244 e. The lowest BCUT2D eigenvalue weighted by molar-refractivity contribution is -0.116. The molecule has 0 aliphatic carbocycles. The quantitative estimate of drug-likeness (QED) is 0.401. The third kappa shape index (κ3) is 11.8. The topological polar surface area (TPSA) is 86.2 Å². The zero-order valence-corrected chi connectivity index (χ0v) is 12.8. The highest BCUT2D eigenvalue weighted by Gasteiger charge is 2.06. The van der Waals surface area contributed by atoms with E-state index < -0.39 is 11.8 Å². The van der Waals surface area contributed by atoms with Crippen LogP contribution in [-0.4, -0.2) is 11.8 Å². The summed E-state index contributed by atoms with van der Waals surface area (Å²) in [6.07, 6.45) is 14.0. The third-order valence-electron chi connectivity index (χ3n) is 3.43. The first-order chi connectivity index (χ1) is 9.57. The van der Waals surface area contributed by atoms with Crippen LogP contribution in [0.15, 0.2) is 11.6 Å². The van der Waals surface area contributed by atoms with Crippen molar-refractivity contribution in [3.05, 3.63) is 11.6 Å². The molecule has 0 heterocycles. The maximum absolute atomic E-state index is 11.1. The highest BCUT2D eigenvalue weighted by molar-refractivity contribution is 5.99.